The van der Waals surface area contributed by atoms with E-state index in [0.29, 0.717) is 11.6 Å². The highest BCUT2D eigenvalue weighted by Gasteiger charge is 2.32. The van der Waals surface area contributed by atoms with Crippen LogP contribution >= 0.6 is 0 Å². The number of carbonyl (C=O) groups is 1. The Morgan fingerprint density at radius 2 is 1.81 bits per heavy atom. The van der Waals surface area contributed by atoms with Crippen LogP contribution in [-0.4, -0.2) is 35.7 Å². The molecule has 0 saturated heterocycles. The summed E-state index contributed by atoms with van der Waals surface area (Å²) < 4.78 is 65.9. The third-order valence-electron chi connectivity index (χ3n) is 5.41. The van der Waals surface area contributed by atoms with Gasteiger partial charge in [0.05, 0.1) is 17.8 Å². The molecule has 0 aliphatic heterocycles. The molecule has 12 heteroatoms. The van der Waals surface area contributed by atoms with Gasteiger partial charge < -0.3 is 19.2 Å². The number of aromatic nitrogens is 3. The lowest BCUT2D eigenvalue weighted by atomic mass is 10.1. The molecule has 0 aliphatic carbocycles. The summed E-state index contributed by atoms with van der Waals surface area (Å²) in [6.07, 6.45) is 0.680. The van der Waals surface area contributed by atoms with E-state index in [1.807, 2.05) is 30.3 Å². The first-order chi connectivity index (χ1) is 17.5. The second-order valence-corrected chi connectivity index (χ2v) is 10.0. The van der Waals surface area contributed by atoms with E-state index in [2.05, 4.69) is 9.97 Å². The fraction of sp³-hybridized carbons (Fsp3) is 0.240. The SMILES string of the molecule is CC(C)c1nc(CCOC(N)=O)n(Cc2cnc3ccccc3c2)c1S(=O)(=O)Oc1cc(F)cc(F)c1. The van der Waals surface area contributed by atoms with E-state index in [0.717, 1.165) is 23.0 Å². The number of rotatable bonds is 9. The highest BCUT2D eigenvalue weighted by Crippen LogP contribution is 2.30. The number of amides is 1. The second kappa shape index (κ2) is 10.5. The molecule has 0 atom stereocenters. The fourth-order valence-electron chi connectivity index (χ4n) is 3.87. The van der Waals surface area contributed by atoms with Gasteiger partial charge in [0.1, 0.15) is 29.8 Å². The monoisotopic (exact) mass is 530 g/mol. The largest absolute Gasteiger partial charge is 0.449 e. The van der Waals surface area contributed by atoms with Gasteiger partial charge in [0.15, 0.2) is 5.03 Å². The molecule has 0 saturated carbocycles. The quantitative estimate of drug-likeness (QED) is 0.320. The molecule has 2 N–H and O–H groups in total. The van der Waals surface area contributed by atoms with Crippen molar-refractivity contribution in [1.82, 2.24) is 14.5 Å². The van der Waals surface area contributed by atoms with Crippen LogP contribution < -0.4 is 9.92 Å². The number of ether oxygens (including phenoxy) is 1. The number of carbonyl (C=O) groups excluding carboxylic acids is 1. The standard InChI is InChI=1S/C25H24F2N4O5S/c1-15(2)23-24(37(33,34)36-20-11-18(26)10-19(27)12-20)31(22(30-23)7-8-35-25(28)32)14-16-9-17-5-3-4-6-21(17)29-13-16/h3-6,9-13,15H,7-8,14H2,1-2H3,(H2,28,32). The van der Waals surface area contributed by atoms with Gasteiger partial charge in [-0.2, -0.15) is 8.42 Å². The number of halogens is 2. The molecule has 0 fully saturated rings. The Labute approximate surface area is 212 Å². The molecule has 2 heterocycles. The van der Waals surface area contributed by atoms with Gasteiger partial charge in [-0.25, -0.2) is 18.6 Å². The Bertz CT molecular complexity index is 1550. The number of imidazole rings is 1. The van der Waals surface area contributed by atoms with Crippen molar-refractivity contribution in [2.45, 2.75) is 37.8 Å². The van der Waals surface area contributed by atoms with Crippen molar-refractivity contribution in [2.24, 2.45) is 5.73 Å². The van der Waals surface area contributed by atoms with Gasteiger partial charge in [-0.05, 0) is 23.6 Å². The first kappa shape index (κ1) is 26.0. The van der Waals surface area contributed by atoms with Crippen LogP contribution in [0.1, 0.15) is 36.8 Å². The molecule has 2 aromatic carbocycles. The average molecular weight is 531 g/mol. The van der Waals surface area contributed by atoms with Crippen LogP contribution in [0.2, 0.25) is 0 Å². The second-order valence-electron chi connectivity index (χ2n) is 8.56. The summed E-state index contributed by atoms with van der Waals surface area (Å²) in [6.45, 7) is 3.37. The normalized spacial score (nSPS) is 11.7. The predicted octanol–water partition coefficient (Wildman–Crippen LogP) is 4.29. The topological polar surface area (TPSA) is 126 Å². The zero-order valence-corrected chi connectivity index (χ0v) is 20.8. The molecule has 37 heavy (non-hydrogen) atoms. The summed E-state index contributed by atoms with van der Waals surface area (Å²) in [5.74, 6) is -2.59. The van der Waals surface area contributed by atoms with Crippen molar-refractivity contribution in [1.29, 1.82) is 0 Å². The lowest BCUT2D eigenvalue weighted by molar-refractivity contribution is 0.157. The average Bonchev–Trinajstić information content (AvgIpc) is 3.17. The van der Waals surface area contributed by atoms with Crippen LogP contribution in [0.15, 0.2) is 59.8 Å². The summed E-state index contributed by atoms with van der Waals surface area (Å²) in [6, 6.07) is 11.4. The van der Waals surface area contributed by atoms with Crippen LogP contribution in [0.25, 0.3) is 10.9 Å². The minimum absolute atomic E-state index is 0.0267. The van der Waals surface area contributed by atoms with Gasteiger partial charge in [0, 0.05) is 36.2 Å². The number of pyridine rings is 1. The van der Waals surface area contributed by atoms with E-state index in [4.69, 9.17) is 14.7 Å². The number of fused-ring (bicyclic) bond motifs is 1. The predicted molar refractivity (Wildman–Crippen MR) is 131 cm³/mol. The van der Waals surface area contributed by atoms with Crippen molar-refractivity contribution in [3.63, 3.8) is 0 Å². The van der Waals surface area contributed by atoms with Gasteiger partial charge >= 0.3 is 16.2 Å². The molecule has 4 rings (SSSR count). The van der Waals surface area contributed by atoms with Crippen LogP contribution in [-0.2, 0) is 27.8 Å². The number of hydrogen-bond donors (Lipinski definition) is 1. The van der Waals surface area contributed by atoms with Crippen LogP contribution in [0.3, 0.4) is 0 Å². The molecule has 194 valence electrons. The highest BCUT2D eigenvalue weighted by molar-refractivity contribution is 7.87. The van der Waals surface area contributed by atoms with Gasteiger partial charge in [0.2, 0.25) is 0 Å². The number of benzene rings is 2. The first-order valence-electron chi connectivity index (χ1n) is 11.3. The molecular weight excluding hydrogens is 506 g/mol. The maximum absolute atomic E-state index is 13.7. The molecule has 2 aromatic heterocycles. The molecule has 0 bridgehead atoms. The Balaban J connectivity index is 1.83. The Hall–Kier alpha value is -4.06. The number of nitrogens with two attached hydrogens (primary N) is 1. The maximum Gasteiger partial charge on any atom is 0.404 e. The highest BCUT2D eigenvalue weighted by atomic mass is 32.2. The number of hydrogen-bond acceptors (Lipinski definition) is 7. The van der Waals surface area contributed by atoms with Crippen molar-refractivity contribution in [3.8, 4) is 5.75 Å². The van der Waals surface area contributed by atoms with E-state index in [-0.39, 0.29) is 42.0 Å². The molecule has 0 unspecified atom stereocenters. The Morgan fingerprint density at radius 1 is 1.11 bits per heavy atom. The molecule has 0 radical (unpaired) electrons. The third-order valence-corrected chi connectivity index (χ3v) is 6.72. The van der Waals surface area contributed by atoms with E-state index < -0.39 is 33.6 Å². The zero-order valence-electron chi connectivity index (χ0n) is 20.0. The first-order valence-corrected chi connectivity index (χ1v) is 12.7. The number of nitrogens with zero attached hydrogens (tertiary/aromatic N) is 3. The lowest BCUT2D eigenvalue weighted by Crippen LogP contribution is -2.20. The Morgan fingerprint density at radius 3 is 2.49 bits per heavy atom. The lowest BCUT2D eigenvalue weighted by Gasteiger charge is -2.15. The summed E-state index contributed by atoms with van der Waals surface area (Å²) >= 11 is 0. The number of primary amides is 1. The molecule has 0 spiro atoms. The summed E-state index contributed by atoms with van der Waals surface area (Å²) in [5.41, 5.74) is 6.67. The van der Waals surface area contributed by atoms with Gasteiger partial charge in [0.25, 0.3) is 0 Å². The van der Waals surface area contributed by atoms with Crippen molar-refractivity contribution < 1.29 is 30.9 Å². The number of para-hydroxylation sites is 1. The van der Waals surface area contributed by atoms with Crippen LogP contribution in [0.4, 0.5) is 13.6 Å². The molecule has 1 amide bonds. The summed E-state index contributed by atoms with van der Waals surface area (Å²) in [4.78, 5) is 20.0. The molecular formula is C25H24F2N4O5S. The van der Waals surface area contributed by atoms with Crippen molar-refractivity contribution in [2.75, 3.05) is 6.61 Å². The van der Waals surface area contributed by atoms with E-state index >= 15 is 0 Å². The van der Waals surface area contributed by atoms with Crippen molar-refractivity contribution in [3.05, 3.63) is 83.4 Å². The minimum atomic E-state index is -4.62. The van der Waals surface area contributed by atoms with Gasteiger partial charge in [-0.1, -0.05) is 32.0 Å². The van der Waals surface area contributed by atoms with Gasteiger partial charge in [-0.3, -0.25) is 4.98 Å². The third kappa shape index (κ3) is 6.02. The summed E-state index contributed by atoms with van der Waals surface area (Å²) in [7, 11) is -4.62. The molecule has 4 aromatic rings. The minimum Gasteiger partial charge on any atom is -0.449 e. The van der Waals surface area contributed by atoms with E-state index in [9.17, 15) is 22.0 Å². The zero-order chi connectivity index (χ0) is 26.7. The molecule has 0 aliphatic rings. The maximum atomic E-state index is 13.7. The van der Waals surface area contributed by atoms with E-state index in [1.54, 1.807) is 20.0 Å². The fourth-order valence-corrected chi connectivity index (χ4v) is 5.27. The smallest absolute Gasteiger partial charge is 0.404 e. The van der Waals surface area contributed by atoms with Crippen molar-refractivity contribution >= 4 is 27.1 Å². The van der Waals surface area contributed by atoms with Crippen LogP contribution in [0, 0.1) is 11.6 Å². The molecule has 9 nitrogen and oxygen atoms in total. The summed E-state index contributed by atoms with van der Waals surface area (Å²) in [5, 5.41) is 0.563. The van der Waals surface area contributed by atoms with Crippen LogP contribution in [0.5, 0.6) is 5.75 Å². The Kier molecular flexibility index (Phi) is 7.39. The van der Waals surface area contributed by atoms with E-state index in [1.165, 1.54) is 4.57 Å². The van der Waals surface area contributed by atoms with Gasteiger partial charge in [-0.15, -0.1) is 0 Å².